The number of hydrogen-bond donors (Lipinski definition) is 1. The molecule has 0 aliphatic heterocycles. The molecule has 0 rings (SSSR count). The average Bonchev–Trinajstić information content (AvgIpc) is 0.908. The Hall–Kier alpha value is -3.59. The number of rotatable bonds is 84. The Morgan fingerprint density at radius 1 is 0.302 bits per heavy atom. The van der Waals surface area contributed by atoms with Gasteiger partial charge in [0.05, 0.1) is 27.7 Å². The van der Waals surface area contributed by atoms with E-state index < -0.39 is 26.5 Å². The standard InChI is InChI=1S/C96H172NO8P/c1-6-8-10-12-14-16-18-20-22-24-26-28-30-32-34-36-38-40-42-44-46-48-50-52-54-56-58-60-62-64-66-68-70-72-74-76-78-80-82-84-86-88-95(98)102-92-94(93-104-106(100,101)103-91-90-97(3,4)5)105-96(99)89-87-85-83-81-79-77-75-73-71-69-67-65-63-61-59-57-55-53-51-49-47-45-43-41-39-37-35-33-31-29-27-25-23-21-19-17-15-13-11-9-7-2/h9,11,15,17,21,23-24,26-27,29,33,35,39,41,45,47,51,53,57,59,94H,6-8,10,12-14,16,18-20,22,25,28,30-32,34,36-38,40,42-44,46,48-50,52,54-56,58,60-93H2,1-5H3/p+1/b11-9-,17-15-,23-21-,26-24-,29-27-,35-33-,41-39-,47-45-,53-51-,59-57-. The summed E-state index contributed by atoms with van der Waals surface area (Å²) < 4.78 is 34.9. The fourth-order valence-electron chi connectivity index (χ4n) is 13.1. The predicted molar refractivity (Wildman–Crippen MR) is 464 cm³/mol. The van der Waals surface area contributed by atoms with Crippen molar-refractivity contribution in [3.05, 3.63) is 122 Å². The van der Waals surface area contributed by atoms with Crippen LogP contribution in [0.1, 0.15) is 425 Å². The van der Waals surface area contributed by atoms with Crippen molar-refractivity contribution in [1.29, 1.82) is 0 Å². The summed E-state index contributed by atoms with van der Waals surface area (Å²) in [5.74, 6) is -0.784. The number of phosphoric acid groups is 1. The predicted octanol–water partition coefficient (Wildman–Crippen LogP) is 30.8. The van der Waals surface area contributed by atoms with Crippen LogP contribution >= 0.6 is 7.82 Å². The molecule has 0 spiro atoms. The van der Waals surface area contributed by atoms with Crippen molar-refractivity contribution in [1.82, 2.24) is 0 Å². The van der Waals surface area contributed by atoms with Crippen LogP contribution in [0.25, 0.3) is 0 Å². The highest BCUT2D eigenvalue weighted by Crippen LogP contribution is 2.43. The number of carbonyl (C=O) groups is 2. The van der Waals surface area contributed by atoms with Gasteiger partial charge in [0.1, 0.15) is 19.8 Å². The summed E-state index contributed by atoms with van der Waals surface area (Å²) in [4.78, 5) is 36.1. The van der Waals surface area contributed by atoms with Gasteiger partial charge in [-0.05, 0) is 109 Å². The van der Waals surface area contributed by atoms with Crippen LogP contribution in [-0.2, 0) is 32.7 Å². The van der Waals surface area contributed by atoms with Gasteiger partial charge in [0.2, 0.25) is 0 Å². The first-order valence-corrected chi connectivity index (χ1v) is 46.8. The molecule has 1 N–H and O–H groups in total. The van der Waals surface area contributed by atoms with Crippen LogP contribution in [0, 0.1) is 0 Å². The fourth-order valence-corrected chi connectivity index (χ4v) is 13.9. The molecule has 0 aromatic carbocycles. The van der Waals surface area contributed by atoms with Crippen LogP contribution in [0.5, 0.6) is 0 Å². The average molecular weight is 1500 g/mol. The molecule has 0 aromatic heterocycles. The molecule has 0 saturated carbocycles. The number of esters is 2. The first kappa shape index (κ1) is 102. The number of allylic oxidation sites excluding steroid dienone is 20. The van der Waals surface area contributed by atoms with E-state index in [4.69, 9.17) is 18.5 Å². The summed E-state index contributed by atoms with van der Waals surface area (Å²) in [6.07, 6.45) is 124. The maximum Gasteiger partial charge on any atom is 0.472 e. The second-order valence-corrected chi connectivity index (χ2v) is 33.1. The Bertz CT molecular complexity index is 2210. The van der Waals surface area contributed by atoms with Crippen molar-refractivity contribution < 1.29 is 42.1 Å². The van der Waals surface area contributed by atoms with E-state index in [0.717, 1.165) is 96.3 Å². The largest absolute Gasteiger partial charge is 0.472 e. The van der Waals surface area contributed by atoms with E-state index in [1.165, 1.54) is 295 Å². The third-order valence-electron chi connectivity index (χ3n) is 20.0. The van der Waals surface area contributed by atoms with Gasteiger partial charge in [0, 0.05) is 12.8 Å². The number of unbranched alkanes of at least 4 members (excludes halogenated alkanes) is 50. The number of carbonyl (C=O) groups excluding carboxylic acids is 2. The molecule has 0 radical (unpaired) electrons. The Labute approximate surface area is 658 Å². The van der Waals surface area contributed by atoms with E-state index >= 15 is 0 Å². The number of likely N-dealkylation sites (N-methyl/N-ethyl adjacent to an activating group) is 1. The van der Waals surface area contributed by atoms with Gasteiger partial charge < -0.3 is 18.9 Å². The van der Waals surface area contributed by atoms with E-state index in [2.05, 4.69) is 135 Å². The minimum Gasteiger partial charge on any atom is -0.462 e. The second kappa shape index (κ2) is 85.4. The highest BCUT2D eigenvalue weighted by molar-refractivity contribution is 7.47. The number of hydrogen-bond acceptors (Lipinski definition) is 7. The third-order valence-corrected chi connectivity index (χ3v) is 21.0. The molecule has 0 amide bonds. The van der Waals surface area contributed by atoms with E-state index in [1.54, 1.807) is 0 Å². The van der Waals surface area contributed by atoms with Gasteiger partial charge >= 0.3 is 19.8 Å². The molecule has 106 heavy (non-hydrogen) atoms. The van der Waals surface area contributed by atoms with E-state index in [9.17, 15) is 19.0 Å². The summed E-state index contributed by atoms with van der Waals surface area (Å²) >= 11 is 0. The molecule has 2 atom stereocenters. The second-order valence-electron chi connectivity index (χ2n) is 31.6. The first-order valence-electron chi connectivity index (χ1n) is 45.3. The monoisotopic (exact) mass is 1500 g/mol. The molecule has 0 aromatic rings. The van der Waals surface area contributed by atoms with E-state index in [0.29, 0.717) is 23.9 Å². The lowest BCUT2D eigenvalue weighted by Gasteiger charge is -2.24. The van der Waals surface area contributed by atoms with Crippen LogP contribution in [0.3, 0.4) is 0 Å². The van der Waals surface area contributed by atoms with Gasteiger partial charge in [-0.1, -0.05) is 424 Å². The molecule has 0 fully saturated rings. The Morgan fingerprint density at radius 2 is 0.538 bits per heavy atom. The van der Waals surface area contributed by atoms with Crippen molar-refractivity contribution >= 4 is 19.8 Å². The zero-order chi connectivity index (χ0) is 76.8. The van der Waals surface area contributed by atoms with Gasteiger partial charge in [-0.2, -0.15) is 0 Å². The number of phosphoric ester groups is 1. The lowest BCUT2D eigenvalue weighted by Crippen LogP contribution is -2.37. The summed E-state index contributed by atoms with van der Waals surface area (Å²) in [5, 5.41) is 0. The van der Waals surface area contributed by atoms with Crippen LogP contribution < -0.4 is 0 Å². The molecule has 614 valence electrons. The molecule has 0 aliphatic rings. The summed E-state index contributed by atoms with van der Waals surface area (Å²) in [5.41, 5.74) is 0. The van der Waals surface area contributed by atoms with Gasteiger partial charge in [0.15, 0.2) is 6.10 Å². The zero-order valence-corrected chi connectivity index (χ0v) is 71.3. The first-order chi connectivity index (χ1) is 52.0. The molecule has 0 aliphatic carbocycles. The fraction of sp³-hybridized carbons (Fsp3) is 0.771. The maximum absolute atomic E-state index is 13.0. The highest BCUT2D eigenvalue weighted by Gasteiger charge is 2.27. The van der Waals surface area contributed by atoms with Crippen molar-refractivity contribution in [2.75, 3.05) is 47.5 Å². The van der Waals surface area contributed by atoms with Crippen LogP contribution in [0.2, 0.25) is 0 Å². The quantitative estimate of drug-likeness (QED) is 0.0211. The zero-order valence-electron chi connectivity index (χ0n) is 70.4. The molecule has 2 unspecified atom stereocenters. The molecule has 0 bridgehead atoms. The number of nitrogens with zero attached hydrogens (tertiary/aromatic N) is 1. The lowest BCUT2D eigenvalue weighted by atomic mass is 10.0. The Kier molecular flexibility index (Phi) is 82.5. The van der Waals surface area contributed by atoms with Gasteiger partial charge in [0.25, 0.3) is 0 Å². The Morgan fingerprint density at radius 3 is 0.811 bits per heavy atom. The van der Waals surface area contributed by atoms with Crippen molar-refractivity contribution in [2.24, 2.45) is 0 Å². The number of quaternary nitrogens is 1. The van der Waals surface area contributed by atoms with Crippen LogP contribution in [-0.4, -0.2) is 74.9 Å². The normalized spacial score (nSPS) is 13.5. The number of ether oxygens (including phenoxy) is 2. The molecular weight excluding hydrogens is 1330 g/mol. The summed E-state index contributed by atoms with van der Waals surface area (Å²) in [7, 11) is 1.49. The lowest BCUT2D eigenvalue weighted by molar-refractivity contribution is -0.870. The van der Waals surface area contributed by atoms with Crippen LogP contribution in [0.15, 0.2) is 122 Å². The minimum absolute atomic E-state index is 0.0296. The molecular formula is C96H173NO8P+. The summed E-state index contributed by atoms with van der Waals surface area (Å²) in [6.45, 7) is 4.37. The third kappa shape index (κ3) is 89.3. The maximum atomic E-state index is 13.0. The molecule has 0 heterocycles. The topological polar surface area (TPSA) is 108 Å². The van der Waals surface area contributed by atoms with Crippen LogP contribution in [0.4, 0.5) is 0 Å². The summed E-state index contributed by atoms with van der Waals surface area (Å²) in [6, 6.07) is 0. The van der Waals surface area contributed by atoms with Gasteiger partial charge in [-0.3, -0.25) is 18.6 Å². The van der Waals surface area contributed by atoms with Crippen molar-refractivity contribution in [2.45, 2.75) is 431 Å². The van der Waals surface area contributed by atoms with Gasteiger partial charge in [-0.15, -0.1) is 0 Å². The molecule has 9 nitrogen and oxygen atoms in total. The van der Waals surface area contributed by atoms with E-state index in [1.807, 2.05) is 21.1 Å². The van der Waals surface area contributed by atoms with Crippen molar-refractivity contribution in [3.63, 3.8) is 0 Å². The molecule has 10 heteroatoms. The minimum atomic E-state index is -4.40. The molecule has 0 saturated heterocycles. The van der Waals surface area contributed by atoms with Gasteiger partial charge in [-0.25, -0.2) is 4.57 Å². The SMILES string of the molecule is CC/C=C\C/C=C\C/C=C\C/C=C\C/C=C\C/C=C\C/C=C\C/C=C\C/C=C\CCCCCCCCCCCCCCCC(=O)OC(COC(=O)CCCCCCCCCCCCCCCCCCCCCCCCCCCCCCC/C=C\CCCCCCCCCC)COP(=O)(O)OCC[N+](C)(C)C. The smallest absolute Gasteiger partial charge is 0.462 e. The Balaban J connectivity index is 3.91. The highest BCUT2D eigenvalue weighted by atomic mass is 31.2. The van der Waals surface area contributed by atoms with Crippen molar-refractivity contribution in [3.8, 4) is 0 Å². The van der Waals surface area contributed by atoms with E-state index in [-0.39, 0.29) is 25.6 Å².